The predicted octanol–water partition coefficient (Wildman–Crippen LogP) is 3.55. The zero-order valence-electron chi connectivity index (χ0n) is 12.4. The van der Waals surface area contributed by atoms with Crippen LogP contribution in [-0.4, -0.2) is 19.7 Å². The fourth-order valence-corrected chi connectivity index (χ4v) is 3.44. The molecule has 1 fully saturated rings. The second kappa shape index (κ2) is 5.28. The lowest BCUT2D eigenvalue weighted by atomic mass is 10.0. The number of nitrogens with one attached hydrogen (secondary N) is 1. The SMILES string of the molecule is CC1CNCC(c2ccc3c(c2)Cc2ccccc2-3)OC1. The highest BCUT2D eigenvalue weighted by Gasteiger charge is 2.22. The van der Waals surface area contributed by atoms with Gasteiger partial charge in [-0.15, -0.1) is 0 Å². The maximum atomic E-state index is 6.08. The summed E-state index contributed by atoms with van der Waals surface area (Å²) in [5.74, 6) is 0.591. The molecule has 4 rings (SSSR count). The second-order valence-corrected chi connectivity index (χ2v) is 6.34. The van der Waals surface area contributed by atoms with Gasteiger partial charge in [0.2, 0.25) is 0 Å². The van der Waals surface area contributed by atoms with Gasteiger partial charge in [-0.3, -0.25) is 0 Å². The molecule has 1 heterocycles. The minimum atomic E-state index is 0.184. The maximum absolute atomic E-state index is 6.08. The molecule has 1 aliphatic carbocycles. The fraction of sp³-hybridized carbons (Fsp3) is 0.368. The molecule has 0 saturated carbocycles. The molecule has 2 unspecified atom stereocenters. The Kier molecular flexibility index (Phi) is 3.28. The smallest absolute Gasteiger partial charge is 0.0949 e. The number of ether oxygens (including phenoxy) is 1. The Balaban J connectivity index is 1.64. The van der Waals surface area contributed by atoms with Gasteiger partial charge in [-0.25, -0.2) is 0 Å². The number of hydrogen-bond donors (Lipinski definition) is 1. The lowest BCUT2D eigenvalue weighted by Gasteiger charge is -2.17. The van der Waals surface area contributed by atoms with Gasteiger partial charge >= 0.3 is 0 Å². The Morgan fingerprint density at radius 2 is 1.86 bits per heavy atom. The molecule has 0 radical (unpaired) electrons. The Hall–Kier alpha value is -1.64. The van der Waals surface area contributed by atoms with Crippen LogP contribution in [0.15, 0.2) is 42.5 Å². The molecule has 2 atom stereocenters. The molecule has 1 saturated heterocycles. The molecule has 2 aromatic rings. The molecule has 2 heteroatoms. The van der Waals surface area contributed by atoms with E-state index in [0.29, 0.717) is 5.92 Å². The largest absolute Gasteiger partial charge is 0.372 e. The van der Waals surface area contributed by atoms with Crippen molar-refractivity contribution in [3.63, 3.8) is 0 Å². The first-order valence-corrected chi connectivity index (χ1v) is 7.84. The third kappa shape index (κ3) is 2.39. The maximum Gasteiger partial charge on any atom is 0.0949 e. The van der Waals surface area contributed by atoms with Crippen LogP contribution >= 0.6 is 0 Å². The Morgan fingerprint density at radius 1 is 1.00 bits per heavy atom. The van der Waals surface area contributed by atoms with E-state index >= 15 is 0 Å². The first-order chi connectivity index (χ1) is 10.3. The summed E-state index contributed by atoms with van der Waals surface area (Å²) in [5, 5.41) is 3.51. The summed E-state index contributed by atoms with van der Waals surface area (Å²) in [6.45, 7) is 5.03. The summed E-state index contributed by atoms with van der Waals surface area (Å²) < 4.78 is 6.08. The van der Waals surface area contributed by atoms with Gasteiger partial charge < -0.3 is 10.1 Å². The van der Waals surface area contributed by atoms with Crippen LogP contribution in [0.3, 0.4) is 0 Å². The molecule has 108 valence electrons. The highest BCUT2D eigenvalue weighted by Crippen LogP contribution is 2.37. The molecular formula is C19H21NO. The Bertz CT molecular complexity index is 664. The number of hydrogen-bond acceptors (Lipinski definition) is 2. The monoisotopic (exact) mass is 279 g/mol. The first-order valence-electron chi connectivity index (χ1n) is 7.84. The lowest BCUT2D eigenvalue weighted by Crippen LogP contribution is -2.22. The minimum absolute atomic E-state index is 0.184. The van der Waals surface area contributed by atoms with E-state index in [-0.39, 0.29) is 6.10 Å². The van der Waals surface area contributed by atoms with Crippen LogP contribution in [0, 0.1) is 5.92 Å². The second-order valence-electron chi connectivity index (χ2n) is 6.34. The third-order valence-electron chi connectivity index (χ3n) is 4.59. The van der Waals surface area contributed by atoms with Gasteiger partial charge in [0.15, 0.2) is 0 Å². The van der Waals surface area contributed by atoms with E-state index in [2.05, 4.69) is 54.7 Å². The highest BCUT2D eigenvalue weighted by molar-refractivity contribution is 5.76. The summed E-state index contributed by atoms with van der Waals surface area (Å²) in [6, 6.07) is 15.6. The van der Waals surface area contributed by atoms with E-state index in [0.717, 1.165) is 26.1 Å². The zero-order chi connectivity index (χ0) is 14.2. The van der Waals surface area contributed by atoms with Crippen LogP contribution in [0.5, 0.6) is 0 Å². The van der Waals surface area contributed by atoms with Gasteiger partial charge in [-0.2, -0.15) is 0 Å². The highest BCUT2D eigenvalue weighted by atomic mass is 16.5. The van der Waals surface area contributed by atoms with Crippen LogP contribution in [-0.2, 0) is 11.2 Å². The number of benzene rings is 2. The minimum Gasteiger partial charge on any atom is -0.372 e. The normalized spacial score (nSPS) is 24.2. The molecule has 2 nitrogen and oxygen atoms in total. The van der Waals surface area contributed by atoms with Crippen molar-refractivity contribution in [2.24, 2.45) is 5.92 Å². The van der Waals surface area contributed by atoms with E-state index in [1.54, 1.807) is 0 Å². The zero-order valence-corrected chi connectivity index (χ0v) is 12.4. The molecule has 0 spiro atoms. The molecule has 0 amide bonds. The number of fused-ring (bicyclic) bond motifs is 3. The van der Waals surface area contributed by atoms with Crippen molar-refractivity contribution in [1.82, 2.24) is 5.32 Å². The van der Waals surface area contributed by atoms with Crippen molar-refractivity contribution in [1.29, 1.82) is 0 Å². The van der Waals surface area contributed by atoms with Crippen molar-refractivity contribution >= 4 is 0 Å². The van der Waals surface area contributed by atoms with Gasteiger partial charge in [0.05, 0.1) is 12.7 Å². The third-order valence-corrected chi connectivity index (χ3v) is 4.59. The van der Waals surface area contributed by atoms with Crippen LogP contribution < -0.4 is 5.32 Å². The summed E-state index contributed by atoms with van der Waals surface area (Å²) in [7, 11) is 0. The van der Waals surface area contributed by atoms with E-state index < -0.39 is 0 Å². The van der Waals surface area contributed by atoms with E-state index in [1.165, 1.54) is 27.8 Å². The lowest BCUT2D eigenvalue weighted by molar-refractivity contribution is 0.0515. The summed E-state index contributed by atoms with van der Waals surface area (Å²) in [4.78, 5) is 0. The molecule has 21 heavy (non-hydrogen) atoms. The molecule has 2 aromatic carbocycles. The molecule has 1 N–H and O–H groups in total. The van der Waals surface area contributed by atoms with Crippen molar-refractivity contribution in [3.05, 3.63) is 59.2 Å². The predicted molar refractivity (Wildman–Crippen MR) is 85.4 cm³/mol. The van der Waals surface area contributed by atoms with Crippen molar-refractivity contribution in [2.75, 3.05) is 19.7 Å². The summed E-state index contributed by atoms with van der Waals surface area (Å²) in [6.07, 6.45) is 1.24. The molecular weight excluding hydrogens is 258 g/mol. The molecule has 0 aromatic heterocycles. The van der Waals surface area contributed by atoms with Gasteiger partial charge in [-0.05, 0) is 40.2 Å². The topological polar surface area (TPSA) is 21.3 Å². The summed E-state index contributed by atoms with van der Waals surface area (Å²) >= 11 is 0. The van der Waals surface area contributed by atoms with Gasteiger partial charge in [-0.1, -0.05) is 49.4 Å². The van der Waals surface area contributed by atoms with Gasteiger partial charge in [0, 0.05) is 13.1 Å². The van der Waals surface area contributed by atoms with Crippen LogP contribution in [0.1, 0.15) is 29.7 Å². The van der Waals surface area contributed by atoms with Crippen LogP contribution in [0.4, 0.5) is 0 Å². The molecule has 0 bridgehead atoms. The Labute approximate surface area is 126 Å². The van der Waals surface area contributed by atoms with Crippen molar-refractivity contribution in [2.45, 2.75) is 19.4 Å². The van der Waals surface area contributed by atoms with E-state index in [4.69, 9.17) is 4.74 Å². The standard InChI is InChI=1S/C19H21NO/c1-13-10-20-11-19(21-12-13)15-6-7-18-16(9-15)8-14-4-2-3-5-17(14)18/h2-7,9,13,19-20H,8,10-12H2,1H3. The van der Waals surface area contributed by atoms with Crippen molar-refractivity contribution in [3.8, 4) is 11.1 Å². The van der Waals surface area contributed by atoms with Crippen LogP contribution in [0.25, 0.3) is 11.1 Å². The molecule has 2 aliphatic rings. The average molecular weight is 279 g/mol. The molecule has 1 aliphatic heterocycles. The van der Waals surface area contributed by atoms with Gasteiger partial charge in [0.25, 0.3) is 0 Å². The first kappa shape index (κ1) is 13.1. The fourth-order valence-electron chi connectivity index (χ4n) is 3.44. The van der Waals surface area contributed by atoms with Gasteiger partial charge in [0.1, 0.15) is 0 Å². The average Bonchev–Trinajstić information content (AvgIpc) is 2.73. The summed E-state index contributed by atoms with van der Waals surface area (Å²) in [5.41, 5.74) is 6.98. The van der Waals surface area contributed by atoms with E-state index in [1.807, 2.05) is 0 Å². The van der Waals surface area contributed by atoms with Crippen molar-refractivity contribution < 1.29 is 4.74 Å². The Morgan fingerprint density at radius 3 is 2.81 bits per heavy atom. The number of rotatable bonds is 1. The van der Waals surface area contributed by atoms with E-state index in [9.17, 15) is 0 Å². The van der Waals surface area contributed by atoms with Crippen LogP contribution in [0.2, 0.25) is 0 Å². The quantitative estimate of drug-likeness (QED) is 0.735.